The molecule has 1 aromatic carbocycles. The van der Waals surface area contributed by atoms with Gasteiger partial charge in [-0.05, 0) is 43.5 Å². The van der Waals surface area contributed by atoms with Crippen molar-refractivity contribution in [3.05, 3.63) is 23.8 Å². The quantitative estimate of drug-likeness (QED) is 0.728. The number of hydrogen-bond donors (Lipinski definition) is 2. The molecule has 1 heterocycles. The second-order valence-corrected chi connectivity index (χ2v) is 9.21. The van der Waals surface area contributed by atoms with E-state index in [4.69, 9.17) is 4.74 Å². The van der Waals surface area contributed by atoms with Crippen LogP contribution in [-0.4, -0.2) is 46.7 Å². The zero-order chi connectivity index (χ0) is 18.9. The van der Waals surface area contributed by atoms with Gasteiger partial charge in [0.2, 0.25) is 5.91 Å². The lowest BCUT2D eigenvalue weighted by Crippen LogP contribution is -2.44. The molecule has 1 aliphatic carbocycles. The van der Waals surface area contributed by atoms with E-state index in [1.807, 2.05) is 0 Å². The predicted octanol–water partition coefficient (Wildman–Crippen LogP) is 2.02. The number of fused-ring (bicyclic) bond motifs is 1. The average molecular weight is 417 g/mol. The van der Waals surface area contributed by atoms with Crippen LogP contribution in [0.25, 0.3) is 0 Å². The molecule has 0 unspecified atom stereocenters. The highest BCUT2D eigenvalue weighted by Gasteiger charge is 2.49. The Bertz CT molecular complexity index is 842. The minimum atomic E-state index is -3.54. The molecule has 27 heavy (non-hydrogen) atoms. The summed E-state index contributed by atoms with van der Waals surface area (Å²) in [6.45, 7) is 1.45. The number of rotatable bonds is 4. The van der Waals surface area contributed by atoms with Crippen LogP contribution in [0.2, 0.25) is 0 Å². The Morgan fingerprint density at radius 2 is 2.00 bits per heavy atom. The van der Waals surface area contributed by atoms with Gasteiger partial charge in [-0.15, -0.1) is 12.4 Å². The summed E-state index contributed by atoms with van der Waals surface area (Å²) in [5.41, 5.74) is -0.0815. The molecule has 1 aromatic rings. The number of carbonyl (C=O) groups is 2. The molecule has 1 saturated carbocycles. The highest BCUT2D eigenvalue weighted by molar-refractivity contribution is 7.90. The average Bonchev–Trinajstić information content (AvgIpc) is 3.05. The summed E-state index contributed by atoms with van der Waals surface area (Å²) in [4.78, 5) is 24.9. The van der Waals surface area contributed by atoms with E-state index in [0.717, 1.165) is 38.5 Å². The van der Waals surface area contributed by atoms with E-state index >= 15 is 0 Å². The molecular formula is C18H25ClN2O5S. The predicted molar refractivity (Wildman–Crippen MR) is 104 cm³/mol. The zero-order valence-electron chi connectivity index (χ0n) is 15.4. The lowest BCUT2D eigenvalue weighted by molar-refractivity contribution is -0.128. The number of ether oxygens (including phenoxy) is 1. The molecule has 1 aliphatic heterocycles. The molecule has 2 N–H and O–H groups in total. The van der Waals surface area contributed by atoms with Gasteiger partial charge >= 0.3 is 5.97 Å². The van der Waals surface area contributed by atoms with E-state index in [2.05, 4.69) is 10.6 Å². The highest BCUT2D eigenvalue weighted by Crippen LogP contribution is 2.44. The maximum Gasteiger partial charge on any atom is 0.337 e. The zero-order valence-corrected chi connectivity index (χ0v) is 17.0. The van der Waals surface area contributed by atoms with Crippen LogP contribution in [0.3, 0.4) is 0 Å². The fourth-order valence-electron chi connectivity index (χ4n) is 4.07. The van der Waals surface area contributed by atoms with E-state index in [1.165, 1.54) is 25.3 Å². The summed E-state index contributed by atoms with van der Waals surface area (Å²) in [5.74, 6) is -0.481. The van der Waals surface area contributed by atoms with Gasteiger partial charge in [-0.3, -0.25) is 4.79 Å². The van der Waals surface area contributed by atoms with Gasteiger partial charge in [0, 0.05) is 18.5 Å². The van der Waals surface area contributed by atoms with Crippen LogP contribution in [0.1, 0.15) is 36.0 Å². The molecular weight excluding hydrogens is 392 g/mol. The summed E-state index contributed by atoms with van der Waals surface area (Å²) in [7, 11) is -2.32. The Morgan fingerprint density at radius 1 is 1.26 bits per heavy atom. The Morgan fingerprint density at radius 3 is 2.67 bits per heavy atom. The Kier molecular flexibility index (Phi) is 6.55. The summed E-state index contributed by atoms with van der Waals surface area (Å²) in [6.07, 6.45) is 5.01. The second kappa shape index (κ2) is 8.16. The van der Waals surface area contributed by atoms with Gasteiger partial charge in [-0.25, -0.2) is 13.2 Å². The number of benzene rings is 1. The number of anilines is 1. The second-order valence-electron chi connectivity index (χ2n) is 7.19. The van der Waals surface area contributed by atoms with Crippen LogP contribution in [0, 0.1) is 11.3 Å². The van der Waals surface area contributed by atoms with Crippen molar-refractivity contribution in [2.24, 2.45) is 11.3 Å². The number of esters is 1. The van der Waals surface area contributed by atoms with Gasteiger partial charge in [-0.1, -0.05) is 12.8 Å². The summed E-state index contributed by atoms with van der Waals surface area (Å²) in [5, 5.41) is 6.17. The topological polar surface area (TPSA) is 102 Å². The molecule has 0 aromatic heterocycles. The number of amides is 1. The third-order valence-electron chi connectivity index (χ3n) is 5.50. The molecule has 1 amide bonds. The normalized spacial score (nSPS) is 24.4. The van der Waals surface area contributed by atoms with Gasteiger partial charge in [0.15, 0.2) is 9.84 Å². The third-order valence-corrected chi connectivity index (χ3v) is 6.60. The van der Waals surface area contributed by atoms with Crippen molar-refractivity contribution in [1.29, 1.82) is 0 Å². The molecule has 9 heteroatoms. The van der Waals surface area contributed by atoms with Crippen molar-refractivity contribution in [2.45, 2.75) is 30.6 Å². The summed E-state index contributed by atoms with van der Waals surface area (Å²) >= 11 is 0. The summed E-state index contributed by atoms with van der Waals surface area (Å²) in [6, 6.07) is 4.10. The van der Waals surface area contributed by atoms with Crippen molar-refractivity contribution >= 4 is 39.8 Å². The SMILES string of the molecule is COC(=O)c1cc(NC(=O)[C@@]23CCCC[C@H]2CNC3)cc(S(C)(=O)=O)c1.Cl. The van der Waals surface area contributed by atoms with E-state index in [0.29, 0.717) is 12.2 Å². The molecule has 2 fully saturated rings. The first-order chi connectivity index (χ1) is 12.3. The Balaban J connectivity index is 0.00000261. The number of carbonyl (C=O) groups excluding carboxylic acids is 2. The molecule has 2 aliphatic rings. The number of halogens is 1. The first kappa shape index (κ1) is 21.7. The molecule has 0 bridgehead atoms. The maximum absolute atomic E-state index is 13.1. The number of methoxy groups -OCH3 is 1. The van der Waals surface area contributed by atoms with Crippen LogP contribution in [0.4, 0.5) is 5.69 Å². The molecule has 0 radical (unpaired) electrons. The molecule has 150 valence electrons. The minimum absolute atomic E-state index is 0. The first-order valence-corrected chi connectivity index (χ1v) is 10.6. The lowest BCUT2D eigenvalue weighted by atomic mass is 9.67. The van der Waals surface area contributed by atoms with Crippen LogP contribution in [0.5, 0.6) is 0 Å². The molecule has 1 saturated heterocycles. The molecule has 0 spiro atoms. The van der Waals surface area contributed by atoms with Crippen LogP contribution in [0.15, 0.2) is 23.1 Å². The van der Waals surface area contributed by atoms with Crippen LogP contribution >= 0.6 is 12.4 Å². The van der Waals surface area contributed by atoms with Gasteiger partial charge in [0.1, 0.15) is 0 Å². The fraction of sp³-hybridized carbons (Fsp3) is 0.556. The third kappa shape index (κ3) is 4.28. The number of nitrogens with one attached hydrogen (secondary N) is 2. The fourth-order valence-corrected chi connectivity index (χ4v) is 4.75. The Labute approximate surface area is 165 Å². The van der Waals surface area contributed by atoms with Gasteiger partial charge in [-0.2, -0.15) is 0 Å². The minimum Gasteiger partial charge on any atom is -0.465 e. The monoisotopic (exact) mass is 416 g/mol. The molecule has 3 rings (SSSR count). The van der Waals surface area contributed by atoms with Crippen LogP contribution in [-0.2, 0) is 19.4 Å². The summed E-state index contributed by atoms with van der Waals surface area (Å²) < 4.78 is 28.6. The first-order valence-electron chi connectivity index (χ1n) is 8.72. The van der Waals surface area contributed by atoms with E-state index in [9.17, 15) is 18.0 Å². The standard InChI is InChI=1S/C18H24N2O5S.ClH/c1-25-16(21)12-7-14(9-15(8-12)26(2,23)24)20-17(22)18-6-4-3-5-13(18)10-19-11-18;/h7-9,13,19H,3-6,10-11H2,1-2H3,(H,20,22);1H/t13-,18+;/m0./s1. The Hall–Kier alpha value is -1.64. The smallest absolute Gasteiger partial charge is 0.337 e. The van der Waals surface area contributed by atoms with Crippen molar-refractivity contribution in [1.82, 2.24) is 5.32 Å². The number of sulfone groups is 1. The van der Waals surface area contributed by atoms with E-state index in [-0.39, 0.29) is 34.7 Å². The van der Waals surface area contributed by atoms with E-state index in [1.54, 1.807) is 0 Å². The van der Waals surface area contributed by atoms with Crippen molar-refractivity contribution in [3.8, 4) is 0 Å². The molecule has 2 atom stereocenters. The molecule has 7 nitrogen and oxygen atoms in total. The van der Waals surface area contributed by atoms with Gasteiger partial charge < -0.3 is 15.4 Å². The lowest BCUT2D eigenvalue weighted by Gasteiger charge is -2.37. The number of hydrogen-bond acceptors (Lipinski definition) is 6. The van der Waals surface area contributed by atoms with Crippen molar-refractivity contribution < 1.29 is 22.7 Å². The van der Waals surface area contributed by atoms with Gasteiger partial charge in [0.05, 0.1) is 23.0 Å². The van der Waals surface area contributed by atoms with Crippen LogP contribution < -0.4 is 10.6 Å². The van der Waals surface area contributed by atoms with Crippen molar-refractivity contribution in [2.75, 3.05) is 31.8 Å². The van der Waals surface area contributed by atoms with Crippen molar-refractivity contribution in [3.63, 3.8) is 0 Å². The van der Waals surface area contributed by atoms with E-state index < -0.39 is 21.2 Å². The highest BCUT2D eigenvalue weighted by atomic mass is 35.5. The largest absolute Gasteiger partial charge is 0.465 e. The maximum atomic E-state index is 13.1. The van der Waals surface area contributed by atoms with Gasteiger partial charge in [0.25, 0.3) is 0 Å².